The molecule has 5 rings (SSSR count). The predicted octanol–water partition coefficient (Wildman–Crippen LogP) is 3.35. The van der Waals surface area contributed by atoms with Crippen LogP contribution in [0.4, 0.5) is 21.5 Å². The van der Waals surface area contributed by atoms with Gasteiger partial charge in [-0.2, -0.15) is 5.10 Å². The van der Waals surface area contributed by atoms with E-state index >= 15 is 0 Å². The zero-order valence-electron chi connectivity index (χ0n) is 17.9. The Kier molecular flexibility index (Phi) is 5.05. The van der Waals surface area contributed by atoms with Crippen molar-refractivity contribution in [2.75, 3.05) is 11.1 Å². The summed E-state index contributed by atoms with van der Waals surface area (Å²) in [6.45, 7) is 1.90. The van der Waals surface area contributed by atoms with Crippen LogP contribution in [0.2, 0.25) is 0 Å². The zero-order chi connectivity index (χ0) is 23.8. The number of fused-ring (bicyclic) bond motifs is 1. The number of nitrogen functional groups attached to an aromatic ring is 1. The van der Waals surface area contributed by atoms with Crippen molar-refractivity contribution in [2.24, 2.45) is 5.73 Å². The summed E-state index contributed by atoms with van der Waals surface area (Å²) in [5.74, 6) is -1.15. The van der Waals surface area contributed by atoms with E-state index in [1.54, 1.807) is 6.20 Å². The average Bonchev–Trinajstić information content (AvgIpc) is 3.29. The topological polar surface area (TPSA) is 161 Å². The highest BCUT2D eigenvalue weighted by Crippen LogP contribution is 2.37. The van der Waals surface area contributed by atoms with Crippen LogP contribution in [0.15, 0.2) is 55.2 Å². The van der Waals surface area contributed by atoms with Crippen molar-refractivity contribution < 1.29 is 9.18 Å². The lowest BCUT2D eigenvalue weighted by atomic mass is 9.99. The van der Waals surface area contributed by atoms with Gasteiger partial charge in [0.15, 0.2) is 11.5 Å². The lowest BCUT2D eigenvalue weighted by Gasteiger charge is -2.16. The standard InChI is InChI=1S/C23H18FN9O/c1-11-2-5-16-15(9-29-33-16)18(11)20-19(25)21(22(26)34)32-23(31-20)14-4-3-12(24)6-17(14)30-13-7-27-10-28-8-13/h2-10,30H,25H2,1H3,(H2,26,34)(H,29,33). The van der Waals surface area contributed by atoms with E-state index in [-0.39, 0.29) is 17.2 Å². The van der Waals surface area contributed by atoms with Crippen molar-refractivity contribution in [3.8, 4) is 22.6 Å². The molecule has 0 aliphatic rings. The summed E-state index contributed by atoms with van der Waals surface area (Å²) in [7, 11) is 0. The lowest BCUT2D eigenvalue weighted by Crippen LogP contribution is -2.18. The molecule has 3 aromatic heterocycles. The fraction of sp³-hybridized carbons (Fsp3) is 0.0435. The molecule has 2 aromatic carbocycles. The zero-order valence-corrected chi connectivity index (χ0v) is 17.9. The number of amides is 1. The van der Waals surface area contributed by atoms with Crippen LogP contribution in [0.1, 0.15) is 16.1 Å². The summed E-state index contributed by atoms with van der Waals surface area (Å²) < 4.78 is 14.2. The summed E-state index contributed by atoms with van der Waals surface area (Å²) >= 11 is 0. The minimum atomic E-state index is -0.812. The Bertz CT molecular complexity index is 1550. The Morgan fingerprint density at radius 1 is 1.09 bits per heavy atom. The lowest BCUT2D eigenvalue weighted by molar-refractivity contribution is 0.0996. The SMILES string of the molecule is Cc1ccc2[nH]ncc2c1-c1nc(-c2ccc(F)cc2Nc2cncnc2)nc(C(N)=O)c1N. The molecule has 168 valence electrons. The number of nitrogens with zero attached hydrogens (tertiary/aromatic N) is 5. The highest BCUT2D eigenvalue weighted by atomic mass is 19.1. The van der Waals surface area contributed by atoms with E-state index in [1.807, 2.05) is 19.1 Å². The molecule has 11 heteroatoms. The fourth-order valence-electron chi connectivity index (χ4n) is 3.74. The second-order valence-corrected chi connectivity index (χ2v) is 7.55. The minimum Gasteiger partial charge on any atom is -0.395 e. The first-order valence-corrected chi connectivity index (χ1v) is 10.1. The van der Waals surface area contributed by atoms with Gasteiger partial charge in [-0.1, -0.05) is 6.07 Å². The van der Waals surface area contributed by atoms with E-state index in [9.17, 15) is 9.18 Å². The Morgan fingerprint density at radius 3 is 2.65 bits per heavy atom. The van der Waals surface area contributed by atoms with Crippen LogP contribution in [0.5, 0.6) is 0 Å². The molecule has 0 saturated heterocycles. The second-order valence-electron chi connectivity index (χ2n) is 7.55. The molecule has 10 nitrogen and oxygen atoms in total. The van der Waals surface area contributed by atoms with Crippen LogP contribution in [0.25, 0.3) is 33.5 Å². The molecule has 1 amide bonds. The first-order valence-electron chi connectivity index (χ1n) is 10.1. The first-order chi connectivity index (χ1) is 16.4. The van der Waals surface area contributed by atoms with Crippen LogP contribution in [-0.2, 0) is 0 Å². The molecule has 6 N–H and O–H groups in total. The van der Waals surface area contributed by atoms with Gasteiger partial charge in [-0.05, 0) is 36.8 Å². The summed E-state index contributed by atoms with van der Waals surface area (Å²) in [6.07, 6.45) is 6.11. The van der Waals surface area contributed by atoms with E-state index in [1.165, 1.54) is 36.9 Å². The maximum atomic E-state index is 14.2. The van der Waals surface area contributed by atoms with Gasteiger partial charge >= 0.3 is 0 Å². The summed E-state index contributed by atoms with van der Waals surface area (Å²) in [5, 5.41) is 10.8. The summed E-state index contributed by atoms with van der Waals surface area (Å²) in [5.41, 5.74) is 15.8. The average molecular weight is 455 g/mol. The number of nitrogens with two attached hydrogens (primary N) is 2. The number of benzene rings is 2. The predicted molar refractivity (Wildman–Crippen MR) is 125 cm³/mol. The number of anilines is 3. The van der Waals surface area contributed by atoms with Crippen molar-refractivity contribution in [1.82, 2.24) is 30.1 Å². The molecular formula is C23H18FN9O. The largest absolute Gasteiger partial charge is 0.395 e. The van der Waals surface area contributed by atoms with Crippen LogP contribution < -0.4 is 16.8 Å². The third kappa shape index (κ3) is 3.64. The van der Waals surface area contributed by atoms with Gasteiger partial charge in [0.1, 0.15) is 12.1 Å². The third-order valence-corrected chi connectivity index (χ3v) is 5.31. The highest BCUT2D eigenvalue weighted by Gasteiger charge is 2.22. The van der Waals surface area contributed by atoms with Gasteiger partial charge in [0.25, 0.3) is 5.91 Å². The second kappa shape index (κ2) is 8.20. The van der Waals surface area contributed by atoms with Crippen LogP contribution in [0.3, 0.4) is 0 Å². The van der Waals surface area contributed by atoms with Gasteiger partial charge in [-0.25, -0.2) is 24.3 Å². The number of aromatic amines is 1. The molecule has 0 aliphatic carbocycles. The van der Waals surface area contributed by atoms with Gasteiger partial charge in [-0.3, -0.25) is 9.89 Å². The highest BCUT2D eigenvalue weighted by molar-refractivity contribution is 6.04. The van der Waals surface area contributed by atoms with E-state index in [0.29, 0.717) is 28.2 Å². The number of hydrogen-bond donors (Lipinski definition) is 4. The van der Waals surface area contributed by atoms with Crippen molar-refractivity contribution >= 4 is 33.9 Å². The first kappa shape index (κ1) is 20.9. The van der Waals surface area contributed by atoms with E-state index < -0.39 is 11.7 Å². The number of primary amides is 1. The van der Waals surface area contributed by atoms with Crippen LogP contribution in [-0.4, -0.2) is 36.0 Å². The van der Waals surface area contributed by atoms with Gasteiger partial charge in [0, 0.05) is 16.5 Å². The Hall–Kier alpha value is -4.93. The molecule has 0 radical (unpaired) electrons. The smallest absolute Gasteiger partial charge is 0.269 e. The molecule has 0 aliphatic heterocycles. The van der Waals surface area contributed by atoms with E-state index in [2.05, 4.69) is 30.5 Å². The van der Waals surface area contributed by atoms with Crippen LogP contribution in [0, 0.1) is 12.7 Å². The molecule has 34 heavy (non-hydrogen) atoms. The molecule has 0 spiro atoms. The summed E-state index contributed by atoms with van der Waals surface area (Å²) in [6, 6.07) is 7.84. The number of aryl methyl sites for hydroxylation is 1. The maximum absolute atomic E-state index is 14.2. The molecular weight excluding hydrogens is 437 g/mol. The number of aromatic nitrogens is 6. The number of nitrogens with one attached hydrogen (secondary N) is 2. The normalized spacial score (nSPS) is 11.0. The molecule has 3 heterocycles. The van der Waals surface area contributed by atoms with Crippen LogP contribution >= 0.6 is 0 Å². The Morgan fingerprint density at radius 2 is 1.88 bits per heavy atom. The Balaban J connectivity index is 1.76. The molecule has 0 fully saturated rings. The third-order valence-electron chi connectivity index (χ3n) is 5.31. The number of hydrogen-bond acceptors (Lipinski definition) is 8. The molecule has 5 aromatic rings. The maximum Gasteiger partial charge on any atom is 0.269 e. The number of carbonyl (C=O) groups is 1. The number of rotatable bonds is 5. The Labute approximate surface area is 192 Å². The van der Waals surface area contributed by atoms with Crippen molar-refractivity contribution in [3.63, 3.8) is 0 Å². The number of halogens is 1. The van der Waals surface area contributed by atoms with E-state index in [0.717, 1.165) is 16.5 Å². The van der Waals surface area contributed by atoms with Crippen molar-refractivity contribution in [1.29, 1.82) is 0 Å². The fourth-order valence-corrected chi connectivity index (χ4v) is 3.74. The number of carbonyl (C=O) groups excluding carboxylic acids is 1. The summed E-state index contributed by atoms with van der Waals surface area (Å²) in [4.78, 5) is 29.2. The van der Waals surface area contributed by atoms with Gasteiger partial charge in [0.05, 0.1) is 46.9 Å². The van der Waals surface area contributed by atoms with Crippen molar-refractivity contribution in [3.05, 3.63) is 72.3 Å². The van der Waals surface area contributed by atoms with Crippen molar-refractivity contribution in [2.45, 2.75) is 6.92 Å². The molecule has 0 saturated carbocycles. The quantitative estimate of drug-likeness (QED) is 0.314. The van der Waals surface area contributed by atoms with Gasteiger partial charge < -0.3 is 16.8 Å². The molecule has 0 bridgehead atoms. The van der Waals surface area contributed by atoms with Gasteiger partial charge in [0.2, 0.25) is 0 Å². The molecule has 0 atom stereocenters. The van der Waals surface area contributed by atoms with Gasteiger partial charge in [-0.15, -0.1) is 0 Å². The minimum absolute atomic E-state index is 0.0427. The number of H-pyrrole nitrogens is 1. The molecule has 0 unspecified atom stereocenters. The monoisotopic (exact) mass is 455 g/mol. The van der Waals surface area contributed by atoms with E-state index in [4.69, 9.17) is 16.5 Å².